The van der Waals surface area contributed by atoms with Gasteiger partial charge in [0.25, 0.3) is 5.91 Å². The molecule has 4 nitrogen and oxygen atoms in total. The SMILES string of the molecule is Cc1ccc(-c2nc(C(=O)N(C)C3CCN(C)CC3)cs2)c(C)c1. The number of hydrogen-bond donors (Lipinski definition) is 0. The molecule has 0 saturated carbocycles. The van der Waals surface area contributed by atoms with Crippen LogP contribution in [0.4, 0.5) is 0 Å². The molecule has 0 N–H and O–H groups in total. The highest BCUT2D eigenvalue weighted by atomic mass is 32.1. The first-order valence-electron chi connectivity index (χ1n) is 8.44. The largest absolute Gasteiger partial charge is 0.337 e. The third-order valence-corrected chi connectivity index (χ3v) is 5.77. The van der Waals surface area contributed by atoms with Gasteiger partial charge < -0.3 is 9.80 Å². The van der Waals surface area contributed by atoms with Gasteiger partial charge in [-0.3, -0.25) is 4.79 Å². The van der Waals surface area contributed by atoms with Gasteiger partial charge in [-0.05, 0) is 52.4 Å². The highest BCUT2D eigenvalue weighted by Crippen LogP contribution is 2.28. The molecule has 2 aromatic rings. The van der Waals surface area contributed by atoms with Gasteiger partial charge in [-0.25, -0.2) is 4.98 Å². The molecule has 1 amide bonds. The van der Waals surface area contributed by atoms with Gasteiger partial charge in [0.1, 0.15) is 10.7 Å². The fourth-order valence-electron chi connectivity index (χ4n) is 3.28. The number of aryl methyl sites for hydroxylation is 2. The van der Waals surface area contributed by atoms with Crippen molar-refractivity contribution in [2.75, 3.05) is 27.2 Å². The Kier molecular flexibility index (Phi) is 5.01. The van der Waals surface area contributed by atoms with E-state index in [1.165, 1.54) is 11.1 Å². The topological polar surface area (TPSA) is 36.4 Å². The molecule has 5 heteroatoms. The number of hydrogen-bond acceptors (Lipinski definition) is 4. The first-order chi connectivity index (χ1) is 11.5. The van der Waals surface area contributed by atoms with E-state index in [0.717, 1.165) is 36.5 Å². The van der Waals surface area contributed by atoms with Gasteiger partial charge >= 0.3 is 0 Å². The predicted molar refractivity (Wildman–Crippen MR) is 99.6 cm³/mol. The summed E-state index contributed by atoms with van der Waals surface area (Å²) in [7, 11) is 4.04. The summed E-state index contributed by atoms with van der Waals surface area (Å²) in [6.07, 6.45) is 2.07. The molecule has 1 saturated heterocycles. The molecular formula is C19H25N3OS. The van der Waals surface area contributed by atoms with Crippen molar-refractivity contribution in [1.82, 2.24) is 14.8 Å². The summed E-state index contributed by atoms with van der Waals surface area (Å²) in [6.45, 7) is 6.28. The van der Waals surface area contributed by atoms with E-state index in [1.54, 1.807) is 11.3 Å². The molecule has 24 heavy (non-hydrogen) atoms. The van der Waals surface area contributed by atoms with E-state index >= 15 is 0 Å². The highest BCUT2D eigenvalue weighted by molar-refractivity contribution is 7.13. The minimum Gasteiger partial charge on any atom is -0.337 e. The number of rotatable bonds is 3. The summed E-state index contributed by atoms with van der Waals surface area (Å²) in [5.74, 6) is 0.0387. The molecule has 0 radical (unpaired) electrons. The quantitative estimate of drug-likeness (QED) is 0.854. The van der Waals surface area contributed by atoms with Gasteiger partial charge in [0.15, 0.2) is 0 Å². The summed E-state index contributed by atoms with van der Waals surface area (Å²) in [6, 6.07) is 6.66. The van der Waals surface area contributed by atoms with Crippen LogP contribution in [-0.4, -0.2) is 53.9 Å². The van der Waals surface area contributed by atoms with Crippen LogP contribution in [0.3, 0.4) is 0 Å². The molecule has 1 aromatic carbocycles. The smallest absolute Gasteiger partial charge is 0.273 e. The van der Waals surface area contributed by atoms with Gasteiger partial charge in [0, 0.05) is 24.0 Å². The average Bonchev–Trinajstić information content (AvgIpc) is 3.04. The second kappa shape index (κ2) is 7.03. The molecule has 1 fully saturated rings. The number of nitrogens with zero attached hydrogens (tertiary/aromatic N) is 3. The Balaban J connectivity index is 1.76. The predicted octanol–water partition coefficient (Wildman–Crippen LogP) is 3.59. The molecule has 0 bridgehead atoms. The van der Waals surface area contributed by atoms with Crippen LogP contribution in [0.25, 0.3) is 10.6 Å². The first-order valence-corrected chi connectivity index (χ1v) is 9.32. The summed E-state index contributed by atoms with van der Waals surface area (Å²) in [4.78, 5) is 21.6. The lowest BCUT2D eigenvalue weighted by Crippen LogP contribution is -2.44. The maximum atomic E-state index is 12.8. The molecule has 0 atom stereocenters. The van der Waals surface area contributed by atoms with Crippen LogP contribution in [0.5, 0.6) is 0 Å². The molecular weight excluding hydrogens is 318 g/mol. The lowest BCUT2D eigenvalue weighted by atomic mass is 10.0. The molecule has 1 aromatic heterocycles. The lowest BCUT2D eigenvalue weighted by molar-refractivity contribution is 0.0654. The number of carbonyl (C=O) groups excluding carboxylic acids is 1. The Morgan fingerprint density at radius 1 is 1.29 bits per heavy atom. The van der Waals surface area contributed by atoms with E-state index < -0.39 is 0 Å². The Morgan fingerprint density at radius 2 is 2.00 bits per heavy atom. The molecule has 1 aliphatic rings. The molecule has 0 unspecified atom stereocenters. The molecule has 3 rings (SSSR count). The number of carbonyl (C=O) groups is 1. The summed E-state index contributed by atoms with van der Waals surface area (Å²) >= 11 is 1.55. The zero-order valence-corrected chi connectivity index (χ0v) is 15.7. The summed E-state index contributed by atoms with van der Waals surface area (Å²) < 4.78 is 0. The number of amides is 1. The van der Waals surface area contributed by atoms with E-state index in [0.29, 0.717) is 11.7 Å². The number of benzene rings is 1. The van der Waals surface area contributed by atoms with Crippen molar-refractivity contribution in [2.45, 2.75) is 32.7 Å². The second-order valence-electron chi connectivity index (χ2n) is 6.81. The molecule has 0 spiro atoms. The Labute approximate surface area is 148 Å². The van der Waals surface area contributed by atoms with Crippen molar-refractivity contribution in [1.29, 1.82) is 0 Å². The van der Waals surface area contributed by atoms with Crippen LogP contribution in [0.15, 0.2) is 23.6 Å². The summed E-state index contributed by atoms with van der Waals surface area (Å²) in [5.41, 5.74) is 4.13. The molecule has 1 aliphatic heterocycles. The second-order valence-corrected chi connectivity index (χ2v) is 7.66. The third-order valence-electron chi connectivity index (χ3n) is 4.89. The highest BCUT2D eigenvalue weighted by Gasteiger charge is 2.26. The van der Waals surface area contributed by atoms with E-state index in [4.69, 9.17) is 0 Å². The molecule has 2 heterocycles. The Morgan fingerprint density at radius 3 is 2.67 bits per heavy atom. The molecule has 0 aliphatic carbocycles. The normalized spacial score (nSPS) is 16.3. The van der Waals surface area contributed by atoms with Crippen molar-refractivity contribution in [3.63, 3.8) is 0 Å². The maximum Gasteiger partial charge on any atom is 0.273 e. The number of piperidine rings is 1. The van der Waals surface area contributed by atoms with Gasteiger partial charge in [0.05, 0.1) is 0 Å². The van der Waals surface area contributed by atoms with Gasteiger partial charge in [-0.2, -0.15) is 0 Å². The third kappa shape index (κ3) is 3.52. The van der Waals surface area contributed by atoms with Crippen molar-refractivity contribution in [3.05, 3.63) is 40.4 Å². The minimum atomic E-state index is 0.0387. The van der Waals surface area contributed by atoms with Crippen LogP contribution in [0.1, 0.15) is 34.5 Å². The maximum absolute atomic E-state index is 12.8. The van der Waals surface area contributed by atoms with E-state index in [-0.39, 0.29) is 5.91 Å². The van der Waals surface area contributed by atoms with Crippen LogP contribution in [0.2, 0.25) is 0 Å². The first kappa shape index (κ1) is 17.1. The number of aromatic nitrogens is 1. The summed E-state index contributed by atoms with van der Waals surface area (Å²) in [5, 5.41) is 2.82. The van der Waals surface area contributed by atoms with Gasteiger partial charge in [-0.1, -0.05) is 23.8 Å². The minimum absolute atomic E-state index is 0.0387. The molecule has 128 valence electrons. The number of thiazole rings is 1. The van der Waals surface area contributed by atoms with Crippen molar-refractivity contribution in [2.24, 2.45) is 0 Å². The van der Waals surface area contributed by atoms with Crippen molar-refractivity contribution in [3.8, 4) is 10.6 Å². The Bertz CT molecular complexity index is 732. The zero-order valence-electron chi connectivity index (χ0n) is 14.9. The fourth-order valence-corrected chi connectivity index (χ4v) is 4.16. The van der Waals surface area contributed by atoms with E-state index in [9.17, 15) is 4.79 Å². The van der Waals surface area contributed by atoms with Crippen molar-refractivity contribution < 1.29 is 4.79 Å². The average molecular weight is 343 g/mol. The Hall–Kier alpha value is -1.72. The fraction of sp³-hybridized carbons (Fsp3) is 0.474. The monoisotopic (exact) mass is 343 g/mol. The van der Waals surface area contributed by atoms with Crippen LogP contribution in [0, 0.1) is 13.8 Å². The lowest BCUT2D eigenvalue weighted by Gasteiger charge is -2.34. The zero-order chi connectivity index (χ0) is 17.3. The number of likely N-dealkylation sites (tertiary alicyclic amines) is 1. The van der Waals surface area contributed by atoms with Gasteiger partial charge in [-0.15, -0.1) is 11.3 Å². The van der Waals surface area contributed by atoms with E-state index in [2.05, 4.69) is 49.0 Å². The standard InChI is InChI=1S/C19H25N3OS/c1-13-5-6-16(14(2)11-13)18-20-17(12-24-18)19(23)22(4)15-7-9-21(3)10-8-15/h5-6,11-12,15H,7-10H2,1-4H3. The van der Waals surface area contributed by atoms with Gasteiger partial charge in [0.2, 0.25) is 0 Å². The van der Waals surface area contributed by atoms with Crippen LogP contribution >= 0.6 is 11.3 Å². The van der Waals surface area contributed by atoms with E-state index in [1.807, 2.05) is 17.3 Å². The van der Waals surface area contributed by atoms with Crippen molar-refractivity contribution >= 4 is 17.2 Å². The van der Waals surface area contributed by atoms with Crippen LogP contribution in [-0.2, 0) is 0 Å². The van der Waals surface area contributed by atoms with Crippen LogP contribution < -0.4 is 0 Å².